The summed E-state index contributed by atoms with van der Waals surface area (Å²) in [6, 6.07) is 0. The number of thiocarbonyl (C=S) groups is 1. The highest BCUT2D eigenvalue weighted by atomic mass is 33.1. The molecule has 0 bridgehead atoms. The second-order valence-electron chi connectivity index (χ2n) is 3.04. The number of carbonyl (C=O) groups is 1. The third-order valence-electron chi connectivity index (χ3n) is 2.23. The molecular weight excluding hydrogens is 260 g/mol. The van der Waals surface area contributed by atoms with Crippen LogP contribution < -0.4 is 0 Å². The molecule has 0 aliphatic carbocycles. The van der Waals surface area contributed by atoms with Crippen LogP contribution in [0.5, 0.6) is 0 Å². The van der Waals surface area contributed by atoms with Crippen LogP contribution in [0.25, 0.3) is 0 Å². The zero-order valence-corrected chi connectivity index (χ0v) is 12.8. The SMILES string of the molecule is CCN(CC)C(=O)SSC(=S)N(CC)CC. The van der Waals surface area contributed by atoms with Gasteiger partial charge in [0.25, 0.3) is 5.24 Å². The van der Waals surface area contributed by atoms with Gasteiger partial charge in [-0.15, -0.1) is 0 Å². The predicted octanol–water partition coefficient (Wildman–Crippen LogP) is 3.46. The summed E-state index contributed by atoms with van der Waals surface area (Å²) in [5, 5.41) is 0.0875. The molecule has 0 saturated carbocycles. The molecule has 0 saturated heterocycles. The van der Waals surface area contributed by atoms with E-state index < -0.39 is 0 Å². The first-order valence-electron chi connectivity index (χ1n) is 5.52. The van der Waals surface area contributed by atoms with Gasteiger partial charge in [-0.2, -0.15) is 0 Å². The van der Waals surface area contributed by atoms with Crippen molar-refractivity contribution < 1.29 is 4.79 Å². The Morgan fingerprint density at radius 3 is 1.75 bits per heavy atom. The summed E-state index contributed by atoms with van der Waals surface area (Å²) < 4.78 is 0.788. The Morgan fingerprint density at radius 2 is 1.38 bits per heavy atom. The van der Waals surface area contributed by atoms with E-state index in [0.29, 0.717) is 0 Å². The molecule has 0 radical (unpaired) electrons. The topological polar surface area (TPSA) is 23.6 Å². The number of hydrogen-bond donors (Lipinski definition) is 0. The van der Waals surface area contributed by atoms with E-state index >= 15 is 0 Å². The molecule has 0 fully saturated rings. The molecule has 94 valence electrons. The molecule has 0 aliphatic rings. The van der Waals surface area contributed by atoms with Crippen LogP contribution in [0.1, 0.15) is 27.7 Å². The number of nitrogens with zero attached hydrogens (tertiary/aromatic N) is 2. The average molecular weight is 280 g/mol. The summed E-state index contributed by atoms with van der Waals surface area (Å²) in [6.45, 7) is 11.4. The van der Waals surface area contributed by atoms with E-state index in [9.17, 15) is 4.79 Å². The van der Waals surface area contributed by atoms with E-state index in [-0.39, 0.29) is 5.24 Å². The van der Waals surface area contributed by atoms with Crippen LogP contribution in [0, 0.1) is 0 Å². The lowest BCUT2D eigenvalue weighted by Crippen LogP contribution is -2.28. The smallest absolute Gasteiger partial charge is 0.292 e. The van der Waals surface area contributed by atoms with E-state index in [2.05, 4.69) is 18.7 Å². The third-order valence-corrected chi connectivity index (χ3v) is 5.09. The van der Waals surface area contributed by atoms with E-state index in [0.717, 1.165) is 30.5 Å². The normalized spacial score (nSPS) is 10.0. The largest absolute Gasteiger partial charge is 0.357 e. The molecule has 0 aliphatic heterocycles. The van der Waals surface area contributed by atoms with Crippen molar-refractivity contribution >= 4 is 43.4 Å². The Hall–Kier alpha value is 0.0600. The van der Waals surface area contributed by atoms with Gasteiger partial charge in [-0.1, -0.05) is 12.2 Å². The van der Waals surface area contributed by atoms with Crippen LogP contribution in [0.4, 0.5) is 4.79 Å². The minimum atomic E-state index is 0.0875. The van der Waals surface area contributed by atoms with Gasteiger partial charge >= 0.3 is 0 Å². The first-order valence-corrected chi connectivity index (χ1v) is 8.08. The monoisotopic (exact) mass is 280 g/mol. The highest BCUT2D eigenvalue weighted by Gasteiger charge is 2.14. The number of carbonyl (C=O) groups excluding carboxylic acids is 1. The van der Waals surface area contributed by atoms with Crippen LogP contribution in [-0.4, -0.2) is 45.5 Å². The molecular formula is C10H20N2OS3. The maximum Gasteiger partial charge on any atom is 0.292 e. The van der Waals surface area contributed by atoms with E-state index in [4.69, 9.17) is 12.2 Å². The Bertz CT molecular complexity index is 204. The van der Waals surface area contributed by atoms with Gasteiger partial charge in [-0.3, -0.25) is 4.79 Å². The molecule has 0 spiro atoms. The number of hydrogen-bond acceptors (Lipinski definition) is 4. The van der Waals surface area contributed by atoms with Gasteiger partial charge in [0.1, 0.15) is 4.32 Å². The van der Waals surface area contributed by atoms with Crippen molar-refractivity contribution in [1.82, 2.24) is 9.80 Å². The van der Waals surface area contributed by atoms with Crippen LogP contribution in [0.2, 0.25) is 0 Å². The summed E-state index contributed by atoms with van der Waals surface area (Å²) in [7, 11) is 2.61. The van der Waals surface area contributed by atoms with Crippen LogP contribution in [0.3, 0.4) is 0 Å². The van der Waals surface area contributed by atoms with Gasteiger partial charge in [0.05, 0.1) is 0 Å². The Morgan fingerprint density at radius 1 is 0.938 bits per heavy atom. The number of rotatable bonds is 4. The summed E-state index contributed by atoms with van der Waals surface area (Å²) in [5.41, 5.74) is 0. The summed E-state index contributed by atoms with van der Waals surface area (Å²) in [4.78, 5) is 15.6. The molecule has 3 nitrogen and oxygen atoms in total. The summed E-state index contributed by atoms with van der Waals surface area (Å²) in [5.74, 6) is 0. The Kier molecular flexibility index (Phi) is 9.16. The minimum Gasteiger partial charge on any atom is -0.357 e. The fraction of sp³-hybridized carbons (Fsp3) is 0.800. The average Bonchev–Trinajstić information content (AvgIpc) is 2.29. The second-order valence-corrected chi connectivity index (χ2v) is 5.76. The molecule has 0 rings (SSSR count). The lowest BCUT2D eigenvalue weighted by atomic mass is 10.6. The second kappa shape index (κ2) is 9.13. The molecule has 0 N–H and O–H groups in total. The van der Waals surface area contributed by atoms with Crippen molar-refractivity contribution in [2.75, 3.05) is 26.2 Å². The first-order chi connectivity index (χ1) is 7.60. The van der Waals surface area contributed by atoms with Crippen LogP contribution in [0.15, 0.2) is 0 Å². The Labute approximate surface area is 112 Å². The maximum atomic E-state index is 11.7. The zero-order valence-electron chi connectivity index (χ0n) is 10.4. The molecule has 1 amide bonds. The van der Waals surface area contributed by atoms with Crippen molar-refractivity contribution in [2.45, 2.75) is 27.7 Å². The number of amides is 1. The van der Waals surface area contributed by atoms with Gasteiger partial charge in [0, 0.05) is 37.0 Å². The molecule has 0 aromatic heterocycles. The van der Waals surface area contributed by atoms with Gasteiger partial charge < -0.3 is 9.80 Å². The quantitative estimate of drug-likeness (QED) is 0.580. The van der Waals surface area contributed by atoms with Gasteiger partial charge in [-0.05, 0) is 38.5 Å². The highest BCUT2D eigenvalue weighted by Crippen LogP contribution is 2.27. The van der Waals surface area contributed by atoms with E-state index in [1.165, 1.54) is 21.6 Å². The molecule has 6 heteroatoms. The van der Waals surface area contributed by atoms with Gasteiger partial charge in [-0.25, -0.2) is 0 Å². The molecule has 0 unspecified atom stereocenters. The predicted molar refractivity (Wildman–Crippen MR) is 79.0 cm³/mol. The first kappa shape index (κ1) is 16.1. The highest BCUT2D eigenvalue weighted by molar-refractivity contribution is 8.88. The third kappa shape index (κ3) is 5.41. The van der Waals surface area contributed by atoms with E-state index in [1.54, 1.807) is 4.90 Å². The van der Waals surface area contributed by atoms with Crippen LogP contribution >= 0.6 is 33.8 Å². The van der Waals surface area contributed by atoms with Crippen molar-refractivity contribution in [3.05, 3.63) is 0 Å². The van der Waals surface area contributed by atoms with Crippen molar-refractivity contribution in [3.8, 4) is 0 Å². The van der Waals surface area contributed by atoms with Crippen molar-refractivity contribution in [3.63, 3.8) is 0 Å². The Balaban J connectivity index is 4.04. The minimum absolute atomic E-state index is 0.0875. The lowest BCUT2D eigenvalue weighted by molar-refractivity contribution is 0.229. The maximum absolute atomic E-state index is 11.7. The molecule has 0 atom stereocenters. The molecule has 0 aromatic carbocycles. The standard InChI is InChI=1S/C10H20N2OS3/c1-5-11(6-2)9(13)15-16-10(14)12(7-3)8-4/h5-8H2,1-4H3. The van der Waals surface area contributed by atoms with E-state index in [1.807, 2.05) is 13.8 Å². The fourth-order valence-corrected chi connectivity index (χ4v) is 3.63. The van der Waals surface area contributed by atoms with Crippen LogP contribution in [-0.2, 0) is 0 Å². The fourth-order valence-electron chi connectivity index (χ4n) is 1.14. The van der Waals surface area contributed by atoms with Crippen molar-refractivity contribution in [1.29, 1.82) is 0 Å². The van der Waals surface area contributed by atoms with Gasteiger partial charge in [0.15, 0.2) is 0 Å². The summed E-state index contributed by atoms with van der Waals surface area (Å²) in [6.07, 6.45) is 0. The van der Waals surface area contributed by atoms with Gasteiger partial charge in [0.2, 0.25) is 0 Å². The zero-order chi connectivity index (χ0) is 12.6. The molecule has 16 heavy (non-hydrogen) atoms. The lowest BCUT2D eigenvalue weighted by Gasteiger charge is -2.21. The van der Waals surface area contributed by atoms with Crippen molar-refractivity contribution in [2.24, 2.45) is 0 Å². The molecule has 0 heterocycles. The molecule has 0 aromatic rings. The summed E-state index contributed by atoms with van der Waals surface area (Å²) >= 11 is 5.25.